The van der Waals surface area contributed by atoms with Crippen LogP contribution in [-0.4, -0.2) is 52.1 Å². The molecule has 0 unspecified atom stereocenters. The molecule has 4 nitrogen and oxygen atoms in total. The van der Waals surface area contributed by atoms with E-state index in [9.17, 15) is 10.2 Å². The number of aliphatic hydroxyl groups excluding tert-OH is 3. The molecule has 1 aliphatic heterocycles. The van der Waals surface area contributed by atoms with Crippen molar-refractivity contribution in [1.29, 1.82) is 0 Å². The predicted octanol–water partition coefficient (Wildman–Crippen LogP) is -1.60. The third-order valence-electron chi connectivity index (χ3n) is 1.79. The molecule has 1 heterocycles. The van der Waals surface area contributed by atoms with Gasteiger partial charge < -0.3 is 20.1 Å². The highest BCUT2D eigenvalue weighted by Gasteiger charge is 2.35. The Kier molecular flexibility index (Phi) is 3.15. The zero-order valence-corrected chi connectivity index (χ0v) is 6.82. The van der Waals surface area contributed by atoms with Crippen molar-refractivity contribution in [3.8, 4) is 0 Å². The number of aliphatic hydroxyl groups is 3. The zero-order chi connectivity index (χ0) is 8.43. The Labute approximate surface area is 70.2 Å². The molecule has 1 aliphatic rings. The molecule has 1 saturated heterocycles. The summed E-state index contributed by atoms with van der Waals surface area (Å²) in [6.07, 6.45) is -2.62. The lowest BCUT2D eigenvalue weighted by atomic mass is 10.0. The van der Waals surface area contributed by atoms with Crippen molar-refractivity contribution in [2.75, 3.05) is 13.2 Å². The summed E-state index contributed by atoms with van der Waals surface area (Å²) in [5, 5.41) is 26.7. The molecular formula is C6H12O4S. The molecule has 1 rings (SSSR count). The summed E-state index contributed by atoms with van der Waals surface area (Å²) in [7, 11) is 0. The first-order valence-corrected chi connectivity index (χ1v) is 3.95. The molecule has 1 fully saturated rings. The average Bonchev–Trinajstić information content (AvgIpc) is 2.01. The molecule has 3 N–H and O–H groups in total. The number of hydrogen-bond donors (Lipinski definition) is 4. The lowest BCUT2D eigenvalue weighted by Crippen LogP contribution is -2.52. The second-order valence-corrected chi connectivity index (χ2v) is 3.27. The Balaban J connectivity index is 2.52. The van der Waals surface area contributed by atoms with Crippen LogP contribution in [0.1, 0.15) is 0 Å². The summed E-state index contributed by atoms with van der Waals surface area (Å²) in [6.45, 7) is -0.0225. The predicted molar refractivity (Wildman–Crippen MR) is 41.6 cm³/mol. The smallest absolute Gasteiger partial charge is 0.109 e. The fraction of sp³-hybridized carbons (Fsp3) is 1.00. The van der Waals surface area contributed by atoms with Crippen LogP contribution in [0, 0.1) is 0 Å². The van der Waals surface area contributed by atoms with Crippen LogP contribution in [0.15, 0.2) is 0 Å². The first kappa shape index (κ1) is 9.28. The van der Waals surface area contributed by atoms with Gasteiger partial charge in [0.15, 0.2) is 0 Å². The normalized spacial score (nSPS) is 45.8. The molecule has 5 heteroatoms. The number of ether oxygens (including phenoxy) is 1. The minimum atomic E-state index is -1.03. The van der Waals surface area contributed by atoms with Crippen LogP contribution < -0.4 is 0 Å². The van der Waals surface area contributed by atoms with Gasteiger partial charge in [-0.25, -0.2) is 0 Å². The summed E-state index contributed by atoms with van der Waals surface area (Å²) < 4.78 is 4.99. The number of hydrogen-bond acceptors (Lipinski definition) is 5. The summed E-state index contributed by atoms with van der Waals surface area (Å²) in [6, 6.07) is 0. The monoisotopic (exact) mass is 180 g/mol. The van der Waals surface area contributed by atoms with Gasteiger partial charge in [-0.2, -0.15) is 12.6 Å². The minimum absolute atomic E-state index is 0.257. The number of thiol groups is 1. The molecule has 0 bridgehead atoms. The van der Waals surface area contributed by atoms with E-state index in [1.165, 1.54) is 0 Å². The molecule has 0 aromatic heterocycles. The SMILES string of the molecule is OC[C@H]1OC[C@H](S)[C@@H](O)[C@@H]1O. The Morgan fingerprint density at radius 1 is 1.36 bits per heavy atom. The van der Waals surface area contributed by atoms with E-state index < -0.39 is 18.3 Å². The quantitative estimate of drug-likeness (QED) is 0.367. The maximum Gasteiger partial charge on any atom is 0.109 e. The van der Waals surface area contributed by atoms with Gasteiger partial charge in [-0.05, 0) is 0 Å². The van der Waals surface area contributed by atoms with Crippen molar-refractivity contribution < 1.29 is 20.1 Å². The summed E-state index contributed by atoms with van der Waals surface area (Å²) in [5.41, 5.74) is 0. The minimum Gasteiger partial charge on any atom is -0.394 e. The van der Waals surface area contributed by atoms with E-state index >= 15 is 0 Å². The molecule has 0 amide bonds. The maximum absolute atomic E-state index is 9.23. The highest BCUT2D eigenvalue weighted by atomic mass is 32.1. The van der Waals surface area contributed by atoms with Gasteiger partial charge in [-0.15, -0.1) is 0 Å². The van der Waals surface area contributed by atoms with Crippen molar-refractivity contribution in [2.45, 2.75) is 23.6 Å². The van der Waals surface area contributed by atoms with E-state index in [2.05, 4.69) is 12.6 Å². The van der Waals surface area contributed by atoms with Crippen molar-refractivity contribution in [1.82, 2.24) is 0 Å². The lowest BCUT2D eigenvalue weighted by molar-refractivity contribution is -0.143. The molecule has 0 radical (unpaired) electrons. The molecule has 0 aliphatic carbocycles. The van der Waals surface area contributed by atoms with Crippen LogP contribution >= 0.6 is 12.6 Å². The Morgan fingerprint density at radius 2 is 2.00 bits per heavy atom. The highest BCUT2D eigenvalue weighted by molar-refractivity contribution is 7.81. The van der Waals surface area contributed by atoms with Crippen molar-refractivity contribution in [2.24, 2.45) is 0 Å². The van der Waals surface area contributed by atoms with E-state index in [-0.39, 0.29) is 18.5 Å². The van der Waals surface area contributed by atoms with Gasteiger partial charge >= 0.3 is 0 Å². The summed E-state index contributed by atoms with van der Waals surface area (Å²) in [4.78, 5) is 0. The van der Waals surface area contributed by atoms with Crippen LogP contribution in [0.25, 0.3) is 0 Å². The zero-order valence-electron chi connectivity index (χ0n) is 5.92. The second kappa shape index (κ2) is 3.73. The molecule has 66 valence electrons. The van der Waals surface area contributed by atoms with Crippen molar-refractivity contribution in [3.05, 3.63) is 0 Å². The fourth-order valence-electron chi connectivity index (χ4n) is 1.03. The van der Waals surface area contributed by atoms with Gasteiger partial charge in [0.2, 0.25) is 0 Å². The van der Waals surface area contributed by atoms with Gasteiger partial charge in [-0.3, -0.25) is 0 Å². The summed E-state index contributed by atoms with van der Waals surface area (Å²) >= 11 is 3.98. The third kappa shape index (κ3) is 1.86. The Bertz CT molecular complexity index is 130. The lowest BCUT2D eigenvalue weighted by Gasteiger charge is -2.34. The number of rotatable bonds is 1. The molecule has 11 heavy (non-hydrogen) atoms. The highest BCUT2D eigenvalue weighted by Crippen LogP contribution is 2.18. The maximum atomic E-state index is 9.23. The van der Waals surface area contributed by atoms with Crippen LogP contribution in [0.5, 0.6) is 0 Å². The van der Waals surface area contributed by atoms with E-state index in [4.69, 9.17) is 9.84 Å². The molecule has 0 saturated carbocycles. The fourth-order valence-corrected chi connectivity index (χ4v) is 1.29. The van der Waals surface area contributed by atoms with Gasteiger partial charge in [0, 0.05) is 0 Å². The molecule has 0 aromatic carbocycles. The van der Waals surface area contributed by atoms with Crippen LogP contribution in [0.2, 0.25) is 0 Å². The van der Waals surface area contributed by atoms with Crippen molar-refractivity contribution in [3.63, 3.8) is 0 Å². The summed E-state index contributed by atoms with van der Waals surface area (Å²) in [5.74, 6) is 0. The topological polar surface area (TPSA) is 69.9 Å². The molecule has 0 aromatic rings. The van der Waals surface area contributed by atoms with Gasteiger partial charge in [0.1, 0.15) is 12.2 Å². The van der Waals surface area contributed by atoms with Crippen LogP contribution in [0.4, 0.5) is 0 Å². The van der Waals surface area contributed by atoms with E-state index in [1.807, 2.05) is 0 Å². The molecule has 4 atom stereocenters. The first-order valence-electron chi connectivity index (χ1n) is 3.43. The van der Waals surface area contributed by atoms with Crippen molar-refractivity contribution >= 4 is 12.6 Å². The molecular weight excluding hydrogens is 168 g/mol. The van der Waals surface area contributed by atoms with E-state index in [0.717, 1.165) is 0 Å². The van der Waals surface area contributed by atoms with Crippen LogP contribution in [-0.2, 0) is 4.74 Å². The molecule has 0 spiro atoms. The first-order chi connectivity index (χ1) is 5.16. The third-order valence-corrected chi connectivity index (χ3v) is 2.24. The largest absolute Gasteiger partial charge is 0.394 e. The Morgan fingerprint density at radius 3 is 2.55 bits per heavy atom. The van der Waals surface area contributed by atoms with Gasteiger partial charge in [0.25, 0.3) is 0 Å². The Hall–Kier alpha value is 0.190. The second-order valence-electron chi connectivity index (χ2n) is 2.60. The van der Waals surface area contributed by atoms with E-state index in [1.54, 1.807) is 0 Å². The standard InChI is InChI=1S/C6H12O4S/c7-1-3-5(8)6(9)4(11)2-10-3/h3-9,11H,1-2H2/t3-,4+,5-,6-/m1/s1. The van der Waals surface area contributed by atoms with Gasteiger partial charge in [-0.1, -0.05) is 0 Å². The average molecular weight is 180 g/mol. The van der Waals surface area contributed by atoms with E-state index in [0.29, 0.717) is 0 Å². The van der Waals surface area contributed by atoms with Crippen LogP contribution in [0.3, 0.4) is 0 Å². The van der Waals surface area contributed by atoms with Gasteiger partial charge in [0.05, 0.1) is 24.6 Å².